The fourth-order valence-corrected chi connectivity index (χ4v) is 2.55. The summed E-state index contributed by atoms with van der Waals surface area (Å²) < 4.78 is 0. The first kappa shape index (κ1) is 9.19. The van der Waals surface area contributed by atoms with Crippen molar-refractivity contribution in [1.29, 1.82) is 0 Å². The molecule has 2 N–H and O–H groups in total. The van der Waals surface area contributed by atoms with E-state index in [1.807, 2.05) is 17.5 Å². The summed E-state index contributed by atoms with van der Waals surface area (Å²) in [5, 5.41) is 15.2. The number of thiophene rings is 1. The molecule has 0 radical (unpaired) electrons. The van der Waals surface area contributed by atoms with Crippen molar-refractivity contribution in [1.82, 2.24) is 5.32 Å². The molecule has 2 nitrogen and oxygen atoms in total. The molecule has 0 aromatic carbocycles. The molecule has 72 valence electrons. The van der Waals surface area contributed by atoms with Crippen LogP contribution >= 0.6 is 11.3 Å². The second kappa shape index (κ2) is 4.22. The standard InChI is InChI=1S/C10H15NOS/c12-9(10-4-2-6-13-10)7-8-3-1-5-11-8/h2,4,6,8-9,11-12H,1,3,5,7H2. The number of aliphatic hydroxyl groups excluding tert-OH is 1. The SMILES string of the molecule is OC(CC1CCCN1)c1cccs1. The van der Waals surface area contributed by atoms with Crippen LogP contribution in [0.1, 0.15) is 30.2 Å². The van der Waals surface area contributed by atoms with Crippen LogP contribution in [0.25, 0.3) is 0 Å². The lowest BCUT2D eigenvalue weighted by Gasteiger charge is -2.14. The van der Waals surface area contributed by atoms with Gasteiger partial charge in [0.1, 0.15) is 0 Å². The first-order valence-corrected chi connectivity index (χ1v) is 5.69. The largest absolute Gasteiger partial charge is 0.388 e. The minimum Gasteiger partial charge on any atom is -0.388 e. The van der Waals surface area contributed by atoms with Gasteiger partial charge in [-0.15, -0.1) is 11.3 Å². The van der Waals surface area contributed by atoms with Gasteiger partial charge in [0.25, 0.3) is 0 Å². The Kier molecular flexibility index (Phi) is 2.98. The molecule has 2 rings (SSSR count). The van der Waals surface area contributed by atoms with Crippen LogP contribution < -0.4 is 5.32 Å². The van der Waals surface area contributed by atoms with Crippen molar-refractivity contribution in [3.05, 3.63) is 22.4 Å². The highest BCUT2D eigenvalue weighted by Crippen LogP contribution is 2.25. The fraction of sp³-hybridized carbons (Fsp3) is 0.600. The van der Waals surface area contributed by atoms with Crippen molar-refractivity contribution in [3.8, 4) is 0 Å². The summed E-state index contributed by atoms with van der Waals surface area (Å²) in [6.45, 7) is 1.11. The van der Waals surface area contributed by atoms with E-state index in [9.17, 15) is 5.11 Å². The molecule has 1 aromatic heterocycles. The van der Waals surface area contributed by atoms with Crippen LogP contribution in [-0.2, 0) is 0 Å². The van der Waals surface area contributed by atoms with Gasteiger partial charge in [0.2, 0.25) is 0 Å². The summed E-state index contributed by atoms with van der Waals surface area (Å²) >= 11 is 1.64. The number of rotatable bonds is 3. The molecule has 2 atom stereocenters. The lowest BCUT2D eigenvalue weighted by atomic mass is 10.1. The predicted molar refractivity (Wildman–Crippen MR) is 54.9 cm³/mol. The van der Waals surface area contributed by atoms with Gasteiger partial charge >= 0.3 is 0 Å². The third kappa shape index (κ3) is 2.30. The summed E-state index contributed by atoms with van der Waals surface area (Å²) in [5.74, 6) is 0. The predicted octanol–water partition coefficient (Wildman–Crippen LogP) is 1.92. The summed E-state index contributed by atoms with van der Waals surface area (Å²) in [6.07, 6.45) is 3.06. The quantitative estimate of drug-likeness (QED) is 0.776. The maximum absolute atomic E-state index is 9.84. The molecule has 0 saturated carbocycles. The smallest absolute Gasteiger partial charge is 0.0896 e. The summed E-state index contributed by atoms with van der Waals surface area (Å²) in [6, 6.07) is 4.52. The van der Waals surface area contributed by atoms with Crippen LogP contribution in [0.2, 0.25) is 0 Å². The highest BCUT2D eigenvalue weighted by molar-refractivity contribution is 7.10. The van der Waals surface area contributed by atoms with E-state index in [-0.39, 0.29) is 6.10 Å². The fourth-order valence-electron chi connectivity index (χ4n) is 1.82. The number of hydrogen-bond acceptors (Lipinski definition) is 3. The van der Waals surface area contributed by atoms with E-state index in [4.69, 9.17) is 0 Å². The Morgan fingerprint density at radius 3 is 3.23 bits per heavy atom. The Morgan fingerprint density at radius 2 is 2.62 bits per heavy atom. The molecule has 0 aliphatic carbocycles. The van der Waals surface area contributed by atoms with Crippen LogP contribution in [0.4, 0.5) is 0 Å². The third-order valence-electron chi connectivity index (χ3n) is 2.54. The van der Waals surface area contributed by atoms with Crippen molar-refractivity contribution >= 4 is 11.3 Å². The van der Waals surface area contributed by atoms with Crippen LogP contribution in [0, 0.1) is 0 Å². The maximum Gasteiger partial charge on any atom is 0.0896 e. The second-order valence-electron chi connectivity index (χ2n) is 3.56. The number of aliphatic hydroxyl groups is 1. The van der Waals surface area contributed by atoms with Gasteiger partial charge in [0.05, 0.1) is 6.10 Å². The molecular weight excluding hydrogens is 182 g/mol. The van der Waals surface area contributed by atoms with Crippen LogP contribution in [0.5, 0.6) is 0 Å². The van der Waals surface area contributed by atoms with Crippen molar-refractivity contribution in [2.24, 2.45) is 0 Å². The zero-order valence-electron chi connectivity index (χ0n) is 7.57. The molecule has 1 aliphatic heterocycles. The number of hydrogen-bond donors (Lipinski definition) is 2. The van der Waals surface area contributed by atoms with Crippen LogP contribution in [-0.4, -0.2) is 17.7 Å². The highest BCUT2D eigenvalue weighted by atomic mass is 32.1. The first-order valence-electron chi connectivity index (χ1n) is 4.81. The van der Waals surface area contributed by atoms with E-state index in [1.165, 1.54) is 12.8 Å². The molecule has 2 unspecified atom stereocenters. The van der Waals surface area contributed by atoms with Crippen molar-refractivity contribution < 1.29 is 5.11 Å². The molecule has 0 amide bonds. The minimum absolute atomic E-state index is 0.268. The minimum atomic E-state index is -0.268. The normalized spacial score (nSPS) is 24.8. The van der Waals surface area contributed by atoms with Crippen LogP contribution in [0.15, 0.2) is 17.5 Å². The Labute approximate surface area is 82.6 Å². The van der Waals surface area contributed by atoms with E-state index in [1.54, 1.807) is 11.3 Å². The summed E-state index contributed by atoms with van der Waals surface area (Å²) in [7, 11) is 0. The van der Waals surface area contributed by atoms with Gasteiger partial charge in [-0.25, -0.2) is 0 Å². The number of nitrogens with one attached hydrogen (secondary N) is 1. The van der Waals surface area contributed by atoms with E-state index in [0.717, 1.165) is 17.8 Å². The molecule has 1 aromatic rings. The molecule has 3 heteroatoms. The van der Waals surface area contributed by atoms with E-state index < -0.39 is 0 Å². The van der Waals surface area contributed by atoms with E-state index >= 15 is 0 Å². The molecule has 0 spiro atoms. The monoisotopic (exact) mass is 197 g/mol. The molecular formula is C10H15NOS. The molecule has 1 saturated heterocycles. The van der Waals surface area contributed by atoms with Crippen molar-refractivity contribution in [2.75, 3.05) is 6.54 Å². The van der Waals surface area contributed by atoms with Gasteiger partial charge in [-0.1, -0.05) is 6.07 Å². The summed E-state index contributed by atoms with van der Waals surface area (Å²) in [5.41, 5.74) is 0. The average molecular weight is 197 g/mol. The first-order chi connectivity index (χ1) is 6.36. The lowest BCUT2D eigenvalue weighted by molar-refractivity contribution is 0.158. The van der Waals surface area contributed by atoms with Crippen LogP contribution in [0.3, 0.4) is 0 Å². The second-order valence-corrected chi connectivity index (χ2v) is 4.54. The molecule has 1 aliphatic rings. The Bertz CT molecular complexity index is 241. The van der Waals surface area contributed by atoms with Gasteiger partial charge in [-0.3, -0.25) is 0 Å². The third-order valence-corrected chi connectivity index (χ3v) is 3.52. The van der Waals surface area contributed by atoms with Crippen molar-refractivity contribution in [2.45, 2.75) is 31.4 Å². The molecule has 0 bridgehead atoms. The lowest BCUT2D eigenvalue weighted by Crippen LogP contribution is -2.23. The topological polar surface area (TPSA) is 32.3 Å². The highest BCUT2D eigenvalue weighted by Gasteiger charge is 2.19. The zero-order valence-corrected chi connectivity index (χ0v) is 8.39. The van der Waals surface area contributed by atoms with E-state index in [2.05, 4.69) is 5.32 Å². The maximum atomic E-state index is 9.84. The zero-order chi connectivity index (χ0) is 9.10. The Balaban J connectivity index is 1.87. The Hall–Kier alpha value is -0.380. The molecule has 1 fully saturated rings. The van der Waals surface area contributed by atoms with Crippen molar-refractivity contribution in [3.63, 3.8) is 0 Å². The molecule has 2 heterocycles. The van der Waals surface area contributed by atoms with Gasteiger partial charge in [-0.2, -0.15) is 0 Å². The van der Waals surface area contributed by atoms with Gasteiger partial charge < -0.3 is 10.4 Å². The van der Waals surface area contributed by atoms with Gasteiger partial charge in [0, 0.05) is 10.9 Å². The Morgan fingerprint density at radius 1 is 1.69 bits per heavy atom. The summed E-state index contributed by atoms with van der Waals surface area (Å²) in [4.78, 5) is 1.09. The average Bonchev–Trinajstić information content (AvgIpc) is 2.74. The van der Waals surface area contributed by atoms with Gasteiger partial charge in [-0.05, 0) is 37.3 Å². The van der Waals surface area contributed by atoms with E-state index in [0.29, 0.717) is 6.04 Å². The van der Waals surface area contributed by atoms with Gasteiger partial charge in [0.15, 0.2) is 0 Å². The molecule has 13 heavy (non-hydrogen) atoms.